The first-order valence-electron chi connectivity index (χ1n) is 14.9. The Morgan fingerprint density at radius 2 is 1.81 bits per heavy atom. The Morgan fingerprint density at radius 3 is 2.56 bits per heavy atom. The van der Waals surface area contributed by atoms with Crippen LogP contribution in [-0.2, 0) is 11.3 Å². The van der Waals surface area contributed by atoms with Gasteiger partial charge in [0.05, 0.1) is 40.1 Å². The van der Waals surface area contributed by atoms with E-state index in [4.69, 9.17) is 18.9 Å². The zero-order valence-corrected chi connectivity index (χ0v) is 25.1. The second-order valence-electron chi connectivity index (χ2n) is 11.2. The fraction of sp³-hybridized carbons (Fsp3) is 0.382. The van der Waals surface area contributed by atoms with Crippen molar-refractivity contribution in [3.63, 3.8) is 0 Å². The summed E-state index contributed by atoms with van der Waals surface area (Å²) in [6.07, 6.45) is 3.28. The molecule has 1 amide bonds. The van der Waals surface area contributed by atoms with Crippen LogP contribution in [0.15, 0.2) is 78.1 Å². The summed E-state index contributed by atoms with van der Waals surface area (Å²) >= 11 is 0. The molecule has 0 bridgehead atoms. The van der Waals surface area contributed by atoms with Gasteiger partial charge in [-0.25, -0.2) is 0 Å². The van der Waals surface area contributed by atoms with Crippen LogP contribution < -0.4 is 34.9 Å². The molecule has 6 rings (SSSR count). The number of fused-ring (bicyclic) bond motifs is 3. The van der Waals surface area contributed by atoms with Gasteiger partial charge in [-0.2, -0.15) is 0 Å². The largest absolute Gasteiger partial charge is 0.497 e. The monoisotopic (exact) mass is 584 g/mol. The van der Waals surface area contributed by atoms with E-state index in [-0.39, 0.29) is 18.4 Å². The number of anilines is 1. The number of hydrogen-bond acceptors (Lipinski definition) is 8. The van der Waals surface area contributed by atoms with Crippen LogP contribution in [0.1, 0.15) is 42.7 Å². The normalized spacial score (nSPS) is 20.4. The molecule has 1 saturated heterocycles. The highest BCUT2D eigenvalue weighted by molar-refractivity contribution is 5.83. The van der Waals surface area contributed by atoms with Crippen LogP contribution in [0.2, 0.25) is 0 Å². The molecule has 3 aromatic carbocycles. The van der Waals surface area contributed by atoms with Crippen molar-refractivity contribution in [1.82, 2.24) is 15.5 Å². The number of nitrogens with zero attached hydrogens (tertiary/aromatic N) is 1. The number of methoxy groups -OCH3 is 3. The first-order chi connectivity index (χ1) is 21.0. The maximum absolute atomic E-state index is 14.2. The quantitative estimate of drug-likeness (QED) is 0.290. The molecule has 2 unspecified atom stereocenters. The molecule has 9 nitrogen and oxygen atoms in total. The molecule has 0 radical (unpaired) electrons. The fourth-order valence-corrected chi connectivity index (χ4v) is 6.71. The summed E-state index contributed by atoms with van der Waals surface area (Å²) in [4.78, 5) is 16.3. The predicted molar refractivity (Wildman–Crippen MR) is 166 cm³/mol. The van der Waals surface area contributed by atoms with Crippen molar-refractivity contribution in [1.29, 1.82) is 0 Å². The van der Waals surface area contributed by atoms with Gasteiger partial charge in [-0.15, -0.1) is 0 Å². The molecule has 0 aliphatic carbocycles. The van der Waals surface area contributed by atoms with E-state index >= 15 is 0 Å². The number of carbonyl (C=O) groups excluding carboxylic acids is 1. The van der Waals surface area contributed by atoms with Crippen LogP contribution in [0.4, 0.5) is 5.69 Å². The Bertz CT molecular complexity index is 1490. The third-order valence-electron chi connectivity index (χ3n) is 8.68. The number of benzene rings is 3. The van der Waals surface area contributed by atoms with E-state index in [1.807, 2.05) is 59.5 Å². The van der Waals surface area contributed by atoms with Gasteiger partial charge in [-0.05, 0) is 79.4 Å². The third kappa shape index (κ3) is 5.75. The van der Waals surface area contributed by atoms with Crippen molar-refractivity contribution in [2.24, 2.45) is 0 Å². The Hall–Kier alpha value is -4.21. The maximum Gasteiger partial charge on any atom is 0.242 e. The lowest BCUT2D eigenvalue weighted by Crippen LogP contribution is -2.61. The summed E-state index contributed by atoms with van der Waals surface area (Å²) in [5, 5.41) is 10.8. The summed E-state index contributed by atoms with van der Waals surface area (Å²) < 4.78 is 22.6. The van der Waals surface area contributed by atoms with E-state index in [2.05, 4.69) is 28.1 Å². The highest BCUT2D eigenvalue weighted by Gasteiger charge is 2.51. The average Bonchev–Trinajstić information content (AvgIpc) is 3.65. The fourth-order valence-electron chi connectivity index (χ4n) is 6.71. The lowest BCUT2D eigenvalue weighted by molar-refractivity contribution is -0.136. The van der Waals surface area contributed by atoms with Crippen molar-refractivity contribution in [2.75, 3.05) is 46.3 Å². The van der Waals surface area contributed by atoms with Crippen LogP contribution in [0.5, 0.6) is 23.0 Å². The second kappa shape index (κ2) is 12.6. The molecule has 1 spiro atoms. The van der Waals surface area contributed by atoms with Crippen molar-refractivity contribution < 1.29 is 23.7 Å². The minimum Gasteiger partial charge on any atom is -0.497 e. The molecule has 3 heterocycles. The molecule has 3 N–H and O–H groups in total. The Labute approximate surface area is 253 Å². The summed E-state index contributed by atoms with van der Waals surface area (Å²) in [6.45, 7) is 2.04. The summed E-state index contributed by atoms with van der Waals surface area (Å²) in [5.74, 6) is 3.16. The SMILES string of the molecule is COc1ccc2c(c1)C1CC3(CCCN3)N(C(=O)CNCc3ccc(OC)c(OC)c3)C(CCOc3ccccc3)=C1N2. The number of rotatable bonds is 11. The van der Waals surface area contributed by atoms with E-state index < -0.39 is 5.66 Å². The molecule has 0 saturated carbocycles. The molecule has 3 aromatic rings. The Morgan fingerprint density at radius 1 is 0.977 bits per heavy atom. The van der Waals surface area contributed by atoms with E-state index in [0.29, 0.717) is 31.1 Å². The lowest BCUT2D eigenvalue weighted by Gasteiger charge is -2.48. The second-order valence-corrected chi connectivity index (χ2v) is 11.2. The van der Waals surface area contributed by atoms with E-state index in [0.717, 1.165) is 60.0 Å². The highest BCUT2D eigenvalue weighted by atomic mass is 16.5. The molecular weight excluding hydrogens is 544 g/mol. The van der Waals surface area contributed by atoms with Gasteiger partial charge in [0.1, 0.15) is 11.5 Å². The smallest absolute Gasteiger partial charge is 0.242 e. The van der Waals surface area contributed by atoms with Gasteiger partial charge in [0, 0.05) is 36.0 Å². The minimum atomic E-state index is -0.468. The summed E-state index contributed by atoms with van der Waals surface area (Å²) in [5.41, 5.74) is 4.88. The highest BCUT2D eigenvalue weighted by Crippen LogP contribution is 2.52. The zero-order chi connectivity index (χ0) is 29.8. The lowest BCUT2D eigenvalue weighted by atomic mass is 9.81. The van der Waals surface area contributed by atoms with Gasteiger partial charge >= 0.3 is 0 Å². The van der Waals surface area contributed by atoms with Crippen LogP contribution in [-0.4, -0.2) is 57.5 Å². The minimum absolute atomic E-state index is 0.0332. The van der Waals surface area contributed by atoms with Gasteiger partial charge in [-0.3, -0.25) is 15.0 Å². The van der Waals surface area contributed by atoms with Crippen molar-refractivity contribution >= 4 is 11.6 Å². The Balaban J connectivity index is 1.28. The molecular formula is C34H40N4O5. The molecule has 0 aromatic heterocycles. The molecule has 2 atom stereocenters. The molecule has 226 valence electrons. The van der Waals surface area contributed by atoms with Gasteiger partial charge in [0.25, 0.3) is 0 Å². The third-order valence-corrected chi connectivity index (χ3v) is 8.68. The molecule has 43 heavy (non-hydrogen) atoms. The first kappa shape index (κ1) is 28.9. The first-order valence-corrected chi connectivity index (χ1v) is 14.9. The van der Waals surface area contributed by atoms with Crippen LogP contribution in [0.25, 0.3) is 0 Å². The van der Waals surface area contributed by atoms with Gasteiger partial charge in [0.15, 0.2) is 11.5 Å². The summed E-state index contributed by atoms with van der Waals surface area (Å²) in [6, 6.07) is 21.8. The number of nitrogens with one attached hydrogen (secondary N) is 3. The number of amides is 1. The maximum atomic E-state index is 14.2. The standard InChI is InChI=1S/C34H40N4O5/c1-40-25-11-12-28-26(19-25)27-20-34(15-7-16-36-34)38(29(33(27)37-28)14-17-43-24-8-5-4-6-9-24)32(39)22-35-21-23-10-13-30(41-2)31(18-23)42-3/h4-6,8-13,18-19,27,35-37H,7,14-17,20-22H2,1-3H3. The molecule has 9 heteroatoms. The topological polar surface area (TPSA) is 93.3 Å². The van der Waals surface area contributed by atoms with Crippen molar-refractivity contribution in [3.8, 4) is 23.0 Å². The molecule has 3 aliphatic heterocycles. The number of ether oxygens (including phenoxy) is 4. The summed E-state index contributed by atoms with van der Waals surface area (Å²) in [7, 11) is 4.94. The zero-order valence-electron chi connectivity index (χ0n) is 25.1. The van der Waals surface area contributed by atoms with Gasteiger partial charge in [-0.1, -0.05) is 24.3 Å². The Kier molecular flexibility index (Phi) is 8.44. The van der Waals surface area contributed by atoms with Gasteiger partial charge < -0.3 is 29.6 Å². The van der Waals surface area contributed by atoms with Gasteiger partial charge in [0.2, 0.25) is 5.91 Å². The van der Waals surface area contributed by atoms with Crippen molar-refractivity contribution in [2.45, 2.75) is 43.8 Å². The van der Waals surface area contributed by atoms with Crippen molar-refractivity contribution in [3.05, 3.63) is 89.3 Å². The average molecular weight is 585 g/mol. The van der Waals surface area contributed by atoms with E-state index in [1.165, 1.54) is 5.56 Å². The number of allylic oxidation sites excluding steroid dienone is 1. The number of hydrogen-bond donors (Lipinski definition) is 3. The van der Waals surface area contributed by atoms with E-state index in [9.17, 15) is 4.79 Å². The van der Waals surface area contributed by atoms with Crippen LogP contribution >= 0.6 is 0 Å². The number of para-hydroxylation sites is 1. The van der Waals surface area contributed by atoms with Crippen LogP contribution in [0.3, 0.4) is 0 Å². The predicted octanol–water partition coefficient (Wildman–Crippen LogP) is 5.00. The van der Waals surface area contributed by atoms with Crippen LogP contribution in [0, 0.1) is 0 Å². The van der Waals surface area contributed by atoms with E-state index in [1.54, 1.807) is 21.3 Å². The molecule has 1 fully saturated rings. The number of carbonyl (C=O) groups is 1. The molecule has 3 aliphatic rings.